The Morgan fingerprint density at radius 2 is 1.89 bits per heavy atom. The van der Waals surface area contributed by atoms with Crippen LogP contribution in [0.25, 0.3) is 5.52 Å². The summed E-state index contributed by atoms with van der Waals surface area (Å²) in [6.07, 6.45) is 3.73. The fourth-order valence-corrected chi connectivity index (χ4v) is 4.04. The predicted octanol–water partition coefficient (Wildman–Crippen LogP) is 4.09. The molecule has 0 aliphatic carbocycles. The number of amides is 2. The lowest BCUT2D eigenvalue weighted by Crippen LogP contribution is -2.28. The van der Waals surface area contributed by atoms with Gasteiger partial charge in [0.15, 0.2) is 5.69 Å². The van der Waals surface area contributed by atoms with Crippen molar-refractivity contribution in [1.29, 1.82) is 0 Å². The van der Waals surface area contributed by atoms with Gasteiger partial charge >= 0.3 is 0 Å². The van der Waals surface area contributed by atoms with Crippen molar-refractivity contribution in [3.05, 3.63) is 64.2 Å². The molecule has 0 atom stereocenters. The van der Waals surface area contributed by atoms with Crippen LogP contribution in [0.1, 0.15) is 45.1 Å². The van der Waals surface area contributed by atoms with Crippen LogP contribution in [0.15, 0.2) is 36.5 Å². The quantitative estimate of drug-likeness (QED) is 0.725. The number of anilines is 1. The van der Waals surface area contributed by atoms with E-state index in [0.29, 0.717) is 21.9 Å². The third kappa shape index (κ3) is 3.24. The summed E-state index contributed by atoms with van der Waals surface area (Å²) in [6, 6.07) is 9.20. The molecule has 1 N–H and O–H groups in total. The molecule has 1 aliphatic rings. The Morgan fingerprint density at radius 1 is 1.14 bits per heavy atom. The summed E-state index contributed by atoms with van der Waals surface area (Å²) in [4.78, 5) is 32.1. The van der Waals surface area contributed by atoms with Gasteiger partial charge in [0.05, 0.1) is 16.2 Å². The molecule has 2 aromatic heterocycles. The minimum atomic E-state index is -0.407. The summed E-state index contributed by atoms with van der Waals surface area (Å²) in [5, 5.41) is 3.33. The number of imidazole rings is 1. The predicted molar refractivity (Wildman–Crippen MR) is 109 cm³/mol. The minimum absolute atomic E-state index is 0.134. The molecule has 6 nitrogen and oxygen atoms in total. The van der Waals surface area contributed by atoms with E-state index in [-0.39, 0.29) is 11.7 Å². The molecule has 3 heterocycles. The van der Waals surface area contributed by atoms with E-state index in [1.165, 1.54) is 0 Å². The highest BCUT2D eigenvalue weighted by molar-refractivity contribution is 6.34. The van der Waals surface area contributed by atoms with Crippen LogP contribution in [0.3, 0.4) is 0 Å². The molecule has 4 rings (SSSR count). The van der Waals surface area contributed by atoms with Crippen LogP contribution in [0.2, 0.25) is 5.02 Å². The van der Waals surface area contributed by atoms with E-state index in [9.17, 15) is 9.59 Å². The van der Waals surface area contributed by atoms with Crippen LogP contribution in [0.5, 0.6) is 0 Å². The molecule has 1 aliphatic heterocycles. The zero-order chi connectivity index (χ0) is 19.8. The van der Waals surface area contributed by atoms with E-state index >= 15 is 0 Å². The van der Waals surface area contributed by atoms with Gasteiger partial charge in [-0.1, -0.05) is 23.7 Å². The van der Waals surface area contributed by atoms with Crippen molar-refractivity contribution in [2.75, 3.05) is 18.4 Å². The van der Waals surface area contributed by atoms with Crippen molar-refractivity contribution in [2.45, 2.75) is 26.7 Å². The van der Waals surface area contributed by atoms with Crippen LogP contribution in [0, 0.1) is 13.8 Å². The Hall–Kier alpha value is -2.86. The van der Waals surface area contributed by atoms with E-state index in [0.717, 1.165) is 37.1 Å². The van der Waals surface area contributed by atoms with E-state index in [1.54, 1.807) is 33.7 Å². The number of carbonyl (C=O) groups is 2. The van der Waals surface area contributed by atoms with Crippen molar-refractivity contribution in [3.63, 3.8) is 0 Å². The van der Waals surface area contributed by atoms with Gasteiger partial charge < -0.3 is 10.2 Å². The third-order valence-corrected chi connectivity index (χ3v) is 5.32. The summed E-state index contributed by atoms with van der Waals surface area (Å²) in [6.45, 7) is 5.29. The number of rotatable bonds is 3. The summed E-state index contributed by atoms with van der Waals surface area (Å²) in [5.41, 5.74) is 3.37. The monoisotopic (exact) mass is 396 g/mol. The summed E-state index contributed by atoms with van der Waals surface area (Å²) in [5.74, 6) is -0.380. The maximum absolute atomic E-state index is 13.0. The number of likely N-dealkylation sites (tertiary alicyclic amines) is 1. The first kappa shape index (κ1) is 18.5. The Balaban J connectivity index is 1.73. The van der Waals surface area contributed by atoms with Crippen molar-refractivity contribution in [2.24, 2.45) is 0 Å². The van der Waals surface area contributed by atoms with E-state index in [1.807, 2.05) is 26.0 Å². The van der Waals surface area contributed by atoms with Crippen molar-refractivity contribution >= 4 is 34.6 Å². The van der Waals surface area contributed by atoms with Crippen LogP contribution in [-0.2, 0) is 0 Å². The molecule has 1 aromatic carbocycles. The van der Waals surface area contributed by atoms with Gasteiger partial charge in [0.25, 0.3) is 11.8 Å². The van der Waals surface area contributed by atoms with E-state index < -0.39 is 5.91 Å². The molecule has 2 amide bonds. The number of pyridine rings is 1. The molecule has 0 saturated carbocycles. The lowest BCUT2D eigenvalue weighted by Gasteiger charge is -2.13. The Morgan fingerprint density at radius 3 is 2.61 bits per heavy atom. The number of nitrogens with one attached hydrogen (secondary N) is 1. The van der Waals surface area contributed by atoms with Crippen molar-refractivity contribution < 1.29 is 9.59 Å². The largest absolute Gasteiger partial charge is 0.337 e. The number of hydrogen-bond acceptors (Lipinski definition) is 3. The molecular formula is C21H21ClN4O2. The van der Waals surface area contributed by atoms with Gasteiger partial charge in [0, 0.05) is 19.3 Å². The Kier molecular flexibility index (Phi) is 4.81. The average Bonchev–Trinajstić information content (AvgIpc) is 3.32. The van der Waals surface area contributed by atoms with Gasteiger partial charge in [0.2, 0.25) is 5.82 Å². The summed E-state index contributed by atoms with van der Waals surface area (Å²) in [7, 11) is 0. The SMILES string of the molecule is Cc1cc(C)c(NC(=O)c2nc(C(=O)N3CCCC3)c3ccccn23)c(Cl)c1. The van der Waals surface area contributed by atoms with Gasteiger partial charge in [0.1, 0.15) is 0 Å². The van der Waals surface area contributed by atoms with E-state index in [2.05, 4.69) is 10.3 Å². The lowest BCUT2D eigenvalue weighted by molar-refractivity contribution is 0.0789. The molecule has 0 radical (unpaired) electrons. The van der Waals surface area contributed by atoms with Crippen LogP contribution < -0.4 is 5.32 Å². The molecule has 1 fully saturated rings. The number of nitrogens with zero attached hydrogens (tertiary/aromatic N) is 3. The first-order chi connectivity index (χ1) is 13.5. The second-order valence-electron chi connectivity index (χ2n) is 7.13. The lowest BCUT2D eigenvalue weighted by atomic mass is 10.1. The summed E-state index contributed by atoms with van der Waals surface area (Å²) >= 11 is 6.32. The molecule has 0 bridgehead atoms. The highest BCUT2D eigenvalue weighted by Crippen LogP contribution is 2.28. The van der Waals surface area contributed by atoms with Gasteiger partial charge in [-0.25, -0.2) is 4.98 Å². The van der Waals surface area contributed by atoms with Gasteiger partial charge in [-0.3, -0.25) is 14.0 Å². The third-order valence-electron chi connectivity index (χ3n) is 5.02. The molecule has 144 valence electrons. The maximum Gasteiger partial charge on any atom is 0.292 e. The van der Waals surface area contributed by atoms with Gasteiger partial charge in [-0.2, -0.15) is 0 Å². The number of aromatic nitrogens is 2. The first-order valence-electron chi connectivity index (χ1n) is 9.30. The zero-order valence-corrected chi connectivity index (χ0v) is 16.6. The van der Waals surface area contributed by atoms with Crippen LogP contribution in [0.4, 0.5) is 5.69 Å². The second kappa shape index (κ2) is 7.28. The van der Waals surface area contributed by atoms with Crippen molar-refractivity contribution in [1.82, 2.24) is 14.3 Å². The number of hydrogen-bond donors (Lipinski definition) is 1. The molecule has 0 unspecified atom stereocenters. The normalized spacial score (nSPS) is 13.9. The number of halogens is 1. The molecule has 0 spiro atoms. The van der Waals surface area contributed by atoms with Crippen LogP contribution in [-0.4, -0.2) is 39.2 Å². The first-order valence-corrected chi connectivity index (χ1v) is 9.68. The second-order valence-corrected chi connectivity index (χ2v) is 7.54. The smallest absolute Gasteiger partial charge is 0.292 e. The highest BCUT2D eigenvalue weighted by Gasteiger charge is 2.27. The maximum atomic E-state index is 13.0. The standard InChI is InChI=1S/C21H21ClN4O2/c1-13-11-14(2)17(15(22)12-13)24-20(27)19-23-18(16-7-3-4-10-26(16)19)21(28)25-8-5-6-9-25/h3-4,7,10-12H,5-6,8-9H2,1-2H3,(H,24,27). The number of fused-ring (bicyclic) bond motifs is 1. The minimum Gasteiger partial charge on any atom is -0.337 e. The molecular weight excluding hydrogens is 376 g/mol. The fourth-order valence-electron chi connectivity index (χ4n) is 3.67. The van der Waals surface area contributed by atoms with Gasteiger partial charge in [-0.15, -0.1) is 0 Å². The molecule has 7 heteroatoms. The molecule has 28 heavy (non-hydrogen) atoms. The topological polar surface area (TPSA) is 66.7 Å². The number of benzene rings is 1. The summed E-state index contributed by atoms with van der Waals surface area (Å²) < 4.78 is 1.65. The average molecular weight is 397 g/mol. The number of carbonyl (C=O) groups excluding carboxylic acids is 2. The fraction of sp³-hybridized carbons (Fsp3) is 0.286. The van der Waals surface area contributed by atoms with Crippen LogP contribution >= 0.6 is 11.6 Å². The highest BCUT2D eigenvalue weighted by atomic mass is 35.5. The Labute approximate surface area is 168 Å². The number of aryl methyl sites for hydroxylation is 2. The van der Waals surface area contributed by atoms with Gasteiger partial charge in [-0.05, 0) is 56.0 Å². The molecule has 3 aromatic rings. The zero-order valence-electron chi connectivity index (χ0n) is 15.8. The van der Waals surface area contributed by atoms with Crippen molar-refractivity contribution in [3.8, 4) is 0 Å². The van der Waals surface area contributed by atoms with E-state index in [4.69, 9.17) is 11.6 Å². The molecule has 1 saturated heterocycles. The Bertz CT molecular complexity index is 1060.